The van der Waals surface area contributed by atoms with Gasteiger partial charge in [-0.1, -0.05) is 15.9 Å². The molecule has 0 unspecified atom stereocenters. The molecule has 0 saturated carbocycles. The third-order valence-electron chi connectivity index (χ3n) is 3.86. The maximum Gasteiger partial charge on any atom is 0.339 e. The number of benzene rings is 2. The van der Waals surface area contributed by atoms with Crippen molar-refractivity contribution in [3.05, 3.63) is 83.7 Å². The van der Waals surface area contributed by atoms with Crippen molar-refractivity contribution in [2.45, 2.75) is 4.90 Å². The lowest BCUT2D eigenvalue weighted by atomic mass is 10.2. The molecule has 0 bridgehead atoms. The van der Waals surface area contributed by atoms with Crippen LogP contribution in [0.25, 0.3) is 21.0 Å². The fraction of sp³-hybridized carbons (Fsp3) is 0. The van der Waals surface area contributed by atoms with Gasteiger partial charge in [0.15, 0.2) is 0 Å². The molecule has 0 amide bonds. The van der Waals surface area contributed by atoms with Gasteiger partial charge in [-0.2, -0.15) is 8.42 Å². The summed E-state index contributed by atoms with van der Waals surface area (Å²) in [6.45, 7) is 0. The minimum atomic E-state index is -3.88. The van der Waals surface area contributed by atoms with Gasteiger partial charge in [0.25, 0.3) is 0 Å². The summed E-state index contributed by atoms with van der Waals surface area (Å²) in [4.78, 5) is 9.62. The van der Waals surface area contributed by atoms with Crippen LogP contribution in [0.2, 0.25) is 0 Å². The molecule has 0 aliphatic rings. The van der Waals surface area contributed by atoms with Crippen LogP contribution in [0.1, 0.15) is 0 Å². The van der Waals surface area contributed by atoms with Crippen molar-refractivity contribution in [3.8, 4) is 26.8 Å². The number of nitrogens with zero attached hydrogens (tertiary/aromatic N) is 2. The summed E-state index contributed by atoms with van der Waals surface area (Å²) in [6.07, 6.45) is 5.28. The first-order valence-corrected chi connectivity index (χ1v) is 11.2. The van der Waals surface area contributed by atoms with Gasteiger partial charge in [-0.3, -0.25) is 4.98 Å². The second kappa shape index (κ2) is 7.83. The van der Waals surface area contributed by atoms with E-state index in [-0.39, 0.29) is 10.6 Å². The summed E-state index contributed by atoms with van der Waals surface area (Å²) >= 11 is 4.82. The summed E-state index contributed by atoms with van der Waals surface area (Å²) < 4.78 is 30.8. The molecule has 5 nitrogen and oxygen atoms in total. The van der Waals surface area contributed by atoms with Crippen molar-refractivity contribution in [1.29, 1.82) is 0 Å². The first-order valence-electron chi connectivity index (χ1n) is 8.18. The molecule has 2 aromatic heterocycles. The second-order valence-electron chi connectivity index (χ2n) is 5.79. The molecule has 2 aromatic carbocycles. The van der Waals surface area contributed by atoms with Gasteiger partial charge in [0.05, 0.1) is 4.88 Å². The smallest absolute Gasteiger partial charge is 0.339 e. The van der Waals surface area contributed by atoms with Crippen LogP contribution in [-0.4, -0.2) is 18.4 Å². The van der Waals surface area contributed by atoms with E-state index in [9.17, 15) is 8.42 Å². The van der Waals surface area contributed by atoms with Gasteiger partial charge >= 0.3 is 10.1 Å². The Kier molecular flexibility index (Phi) is 5.25. The van der Waals surface area contributed by atoms with Crippen LogP contribution in [0.4, 0.5) is 0 Å². The van der Waals surface area contributed by atoms with Crippen molar-refractivity contribution in [3.63, 3.8) is 0 Å². The molecule has 0 radical (unpaired) electrons. The van der Waals surface area contributed by atoms with E-state index in [1.807, 2.05) is 24.3 Å². The zero-order valence-corrected chi connectivity index (χ0v) is 17.5. The van der Waals surface area contributed by atoms with Crippen LogP contribution < -0.4 is 4.18 Å². The molecule has 2 heterocycles. The number of halogens is 1. The van der Waals surface area contributed by atoms with Gasteiger partial charge < -0.3 is 4.18 Å². The van der Waals surface area contributed by atoms with Gasteiger partial charge in [-0.15, -0.1) is 11.3 Å². The van der Waals surface area contributed by atoms with E-state index < -0.39 is 10.1 Å². The number of aromatic nitrogens is 2. The Hall–Kier alpha value is -2.55. The SMILES string of the molecule is O=S(=O)(Oc1ccc(-c2cnc(-c3cccnc3)s2)cc1)c1ccc(Br)cc1. The third-order valence-corrected chi connectivity index (χ3v) is 6.75. The Bertz CT molecular complexity index is 1190. The molecular weight excluding hydrogens is 460 g/mol. The van der Waals surface area contributed by atoms with Gasteiger partial charge in [-0.05, 0) is 66.2 Å². The normalized spacial score (nSPS) is 11.3. The van der Waals surface area contributed by atoms with Crippen LogP contribution in [0.3, 0.4) is 0 Å². The molecule has 0 aliphatic carbocycles. The average Bonchev–Trinajstić information content (AvgIpc) is 3.19. The van der Waals surface area contributed by atoms with E-state index >= 15 is 0 Å². The number of pyridine rings is 1. The van der Waals surface area contributed by atoms with Crippen LogP contribution in [0.5, 0.6) is 5.75 Å². The highest BCUT2D eigenvalue weighted by atomic mass is 79.9. The Balaban J connectivity index is 1.53. The summed E-state index contributed by atoms with van der Waals surface area (Å²) in [6, 6.07) is 17.0. The Morgan fingerprint density at radius 3 is 2.32 bits per heavy atom. The largest absolute Gasteiger partial charge is 0.379 e. The molecule has 4 rings (SSSR count). The fourth-order valence-electron chi connectivity index (χ4n) is 2.48. The number of thiazole rings is 1. The monoisotopic (exact) mass is 472 g/mol. The lowest BCUT2D eigenvalue weighted by Crippen LogP contribution is -2.09. The van der Waals surface area contributed by atoms with Gasteiger partial charge in [0.2, 0.25) is 0 Å². The van der Waals surface area contributed by atoms with Crippen LogP contribution in [0, 0.1) is 0 Å². The Morgan fingerprint density at radius 2 is 1.64 bits per heavy atom. The van der Waals surface area contributed by atoms with E-state index in [1.54, 1.807) is 54.2 Å². The lowest BCUT2D eigenvalue weighted by molar-refractivity contribution is 0.486. The molecule has 0 atom stereocenters. The Morgan fingerprint density at radius 1 is 0.893 bits per heavy atom. The number of hydrogen-bond acceptors (Lipinski definition) is 6. The first kappa shape index (κ1) is 18.8. The molecular formula is C20H13BrN2O3S2. The first-order chi connectivity index (χ1) is 13.5. The molecule has 8 heteroatoms. The van der Waals surface area contributed by atoms with Crippen molar-refractivity contribution >= 4 is 37.4 Å². The standard InChI is InChI=1S/C20H13BrN2O3S2/c21-16-5-9-18(10-6-16)28(24,25)26-17-7-3-14(4-8-17)19-13-23-20(27-19)15-2-1-11-22-12-15/h1-13H. The van der Waals surface area contributed by atoms with Crippen LogP contribution in [-0.2, 0) is 10.1 Å². The number of rotatable bonds is 5. The molecule has 0 saturated heterocycles. The third kappa shape index (κ3) is 4.14. The number of hydrogen-bond donors (Lipinski definition) is 0. The van der Waals surface area contributed by atoms with E-state index in [1.165, 1.54) is 12.1 Å². The summed E-state index contributed by atoms with van der Waals surface area (Å²) in [7, 11) is -3.88. The predicted octanol–water partition coefficient (Wildman–Crippen LogP) is 5.40. The van der Waals surface area contributed by atoms with Gasteiger partial charge in [-0.25, -0.2) is 4.98 Å². The summed E-state index contributed by atoms with van der Waals surface area (Å²) in [5.41, 5.74) is 1.89. The molecule has 0 aliphatic heterocycles. The van der Waals surface area contributed by atoms with E-state index in [0.717, 1.165) is 25.5 Å². The van der Waals surface area contributed by atoms with Gasteiger partial charge in [0.1, 0.15) is 15.7 Å². The minimum Gasteiger partial charge on any atom is -0.379 e. The van der Waals surface area contributed by atoms with Crippen molar-refractivity contribution in [2.24, 2.45) is 0 Å². The molecule has 4 aromatic rings. The Labute approximate surface area is 174 Å². The van der Waals surface area contributed by atoms with E-state index in [0.29, 0.717) is 0 Å². The van der Waals surface area contributed by atoms with Crippen LogP contribution >= 0.6 is 27.3 Å². The molecule has 0 spiro atoms. The summed E-state index contributed by atoms with van der Waals surface area (Å²) in [5.74, 6) is 0.253. The highest BCUT2D eigenvalue weighted by molar-refractivity contribution is 9.10. The zero-order chi connectivity index (χ0) is 19.6. The highest BCUT2D eigenvalue weighted by Crippen LogP contribution is 2.32. The van der Waals surface area contributed by atoms with E-state index in [4.69, 9.17) is 4.18 Å². The van der Waals surface area contributed by atoms with Crippen molar-refractivity contribution < 1.29 is 12.6 Å². The summed E-state index contributed by atoms with van der Waals surface area (Å²) in [5, 5.41) is 0.876. The quantitative estimate of drug-likeness (QED) is 0.363. The van der Waals surface area contributed by atoms with Crippen LogP contribution in [0.15, 0.2) is 88.6 Å². The zero-order valence-electron chi connectivity index (χ0n) is 14.3. The topological polar surface area (TPSA) is 69.2 Å². The second-order valence-corrected chi connectivity index (χ2v) is 9.28. The minimum absolute atomic E-state index is 0.100. The average molecular weight is 473 g/mol. The molecule has 140 valence electrons. The van der Waals surface area contributed by atoms with Gasteiger partial charge in [0, 0.05) is 28.6 Å². The molecule has 0 N–H and O–H groups in total. The fourth-order valence-corrected chi connectivity index (χ4v) is 4.59. The lowest BCUT2D eigenvalue weighted by Gasteiger charge is -2.07. The highest BCUT2D eigenvalue weighted by Gasteiger charge is 2.16. The van der Waals surface area contributed by atoms with Crippen molar-refractivity contribution in [2.75, 3.05) is 0 Å². The predicted molar refractivity (Wildman–Crippen MR) is 113 cm³/mol. The molecule has 28 heavy (non-hydrogen) atoms. The van der Waals surface area contributed by atoms with E-state index in [2.05, 4.69) is 25.9 Å². The van der Waals surface area contributed by atoms with Crippen molar-refractivity contribution in [1.82, 2.24) is 9.97 Å². The molecule has 0 fully saturated rings. The maximum absolute atomic E-state index is 12.4. The maximum atomic E-state index is 12.4.